The zero-order valence-corrected chi connectivity index (χ0v) is 14.4. The van der Waals surface area contributed by atoms with Crippen LogP contribution in [-0.4, -0.2) is 26.7 Å². The number of aryl methyl sites for hydroxylation is 1. The van der Waals surface area contributed by atoms with E-state index in [1.165, 1.54) is 12.1 Å². The summed E-state index contributed by atoms with van der Waals surface area (Å²) in [5, 5.41) is 16.9. The molecule has 0 saturated heterocycles. The number of H-pyrrole nitrogens is 1. The molecule has 1 aromatic carbocycles. The number of carbonyl (C=O) groups excluding carboxylic acids is 1. The normalized spacial score (nSPS) is 11.2. The molecule has 0 aliphatic carbocycles. The fraction of sp³-hybridized carbons (Fsp3) is 0.294. The molecule has 0 unspecified atom stereocenters. The van der Waals surface area contributed by atoms with E-state index < -0.39 is 0 Å². The van der Waals surface area contributed by atoms with Crippen LogP contribution < -0.4 is 16.3 Å². The number of rotatable bonds is 6. The maximum Gasteiger partial charge on any atom is 0.252 e. The van der Waals surface area contributed by atoms with Gasteiger partial charge in [0.2, 0.25) is 11.9 Å². The van der Waals surface area contributed by atoms with Crippen LogP contribution >= 0.6 is 0 Å². The van der Waals surface area contributed by atoms with Crippen LogP contribution in [0.1, 0.15) is 37.9 Å². The minimum absolute atomic E-state index is 0.0298. The number of hydrogen-bond acceptors (Lipinski definition) is 6. The number of amides is 1. The molecule has 0 saturated carbocycles. The van der Waals surface area contributed by atoms with E-state index in [1.807, 2.05) is 6.92 Å². The summed E-state index contributed by atoms with van der Waals surface area (Å²) in [6.07, 6.45) is 1.18. The van der Waals surface area contributed by atoms with Gasteiger partial charge in [0.1, 0.15) is 5.75 Å². The Kier molecular flexibility index (Phi) is 5.89. The Hall–Kier alpha value is -3.16. The highest BCUT2D eigenvalue weighted by Crippen LogP contribution is 2.22. The summed E-state index contributed by atoms with van der Waals surface area (Å²) < 4.78 is 0. The van der Waals surface area contributed by atoms with Gasteiger partial charge < -0.3 is 10.4 Å². The van der Waals surface area contributed by atoms with Crippen LogP contribution in [0, 0.1) is 6.92 Å². The van der Waals surface area contributed by atoms with Crippen molar-refractivity contribution in [1.29, 1.82) is 0 Å². The van der Waals surface area contributed by atoms with E-state index in [2.05, 4.69) is 25.8 Å². The van der Waals surface area contributed by atoms with Gasteiger partial charge in [-0.1, -0.05) is 6.92 Å². The topological polar surface area (TPSA) is 119 Å². The molecule has 132 valence electrons. The fourth-order valence-electron chi connectivity index (χ4n) is 2.18. The number of carbonyl (C=O) groups is 1. The smallest absolute Gasteiger partial charge is 0.252 e. The van der Waals surface area contributed by atoms with Gasteiger partial charge in [0.05, 0.1) is 5.71 Å². The molecular formula is C17H21N5O3. The van der Waals surface area contributed by atoms with Crippen molar-refractivity contribution >= 4 is 23.3 Å². The molecule has 0 bridgehead atoms. The third-order valence-electron chi connectivity index (χ3n) is 3.35. The summed E-state index contributed by atoms with van der Waals surface area (Å²) in [6, 6.07) is 6.11. The summed E-state index contributed by atoms with van der Waals surface area (Å²) >= 11 is 0. The summed E-state index contributed by atoms with van der Waals surface area (Å²) in [4.78, 5) is 29.7. The Labute approximate surface area is 145 Å². The van der Waals surface area contributed by atoms with Crippen LogP contribution in [0.15, 0.2) is 34.2 Å². The van der Waals surface area contributed by atoms with Gasteiger partial charge in [-0.15, -0.1) is 0 Å². The largest absolute Gasteiger partial charge is 0.507 e. The average molecular weight is 343 g/mol. The molecule has 0 fully saturated rings. The van der Waals surface area contributed by atoms with Gasteiger partial charge in [-0.05, 0) is 38.5 Å². The molecule has 1 heterocycles. The molecule has 0 radical (unpaired) electrons. The number of anilines is 2. The van der Waals surface area contributed by atoms with Crippen molar-refractivity contribution in [3.8, 4) is 5.75 Å². The molecule has 0 spiro atoms. The highest BCUT2D eigenvalue weighted by atomic mass is 16.3. The van der Waals surface area contributed by atoms with E-state index in [-0.39, 0.29) is 23.2 Å². The van der Waals surface area contributed by atoms with Crippen LogP contribution in [0.25, 0.3) is 0 Å². The van der Waals surface area contributed by atoms with Gasteiger partial charge in [-0.25, -0.2) is 10.4 Å². The molecule has 0 atom stereocenters. The summed E-state index contributed by atoms with van der Waals surface area (Å²) in [7, 11) is 0. The van der Waals surface area contributed by atoms with Gasteiger partial charge >= 0.3 is 0 Å². The quantitative estimate of drug-likeness (QED) is 0.365. The highest BCUT2D eigenvalue weighted by Gasteiger charge is 2.09. The van der Waals surface area contributed by atoms with E-state index in [0.717, 1.165) is 6.42 Å². The van der Waals surface area contributed by atoms with Crippen LogP contribution in [0.3, 0.4) is 0 Å². The van der Waals surface area contributed by atoms with E-state index in [4.69, 9.17) is 0 Å². The lowest BCUT2D eigenvalue weighted by Gasteiger charge is -2.09. The number of hydrogen-bond donors (Lipinski definition) is 4. The Bertz CT molecular complexity index is 858. The number of phenols is 1. The Balaban J connectivity index is 2.20. The first-order chi connectivity index (χ1) is 11.9. The zero-order valence-electron chi connectivity index (χ0n) is 14.4. The Morgan fingerprint density at radius 1 is 1.36 bits per heavy atom. The number of phenolic OH excluding ortho intramolecular Hbond substituents is 1. The van der Waals surface area contributed by atoms with Crippen molar-refractivity contribution in [2.45, 2.75) is 33.6 Å². The number of aromatic nitrogens is 2. The molecule has 8 heteroatoms. The molecule has 2 rings (SSSR count). The molecule has 8 nitrogen and oxygen atoms in total. The number of aromatic hydroxyl groups is 1. The standard InChI is InChI=1S/C17H21N5O3/c1-4-5-15(24)19-12-6-7-14(23)13(9-12)11(3)21-22-17-18-10(2)8-16(25)20-17/h6-9,23H,4-5H2,1-3H3,(H,19,24)(H2,18,20,22,25)/b21-11+. The molecule has 1 amide bonds. The first-order valence-corrected chi connectivity index (χ1v) is 7.90. The predicted molar refractivity (Wildman–Crippen MR) is 97.1 cm³/mol. The number of hydrazone groups is 1. The molecule has 0 aliphatic heterocycles. The second kappa shape index (κ2) is 8.09. The van der Waals surface area contributed by atoms with Crippen molar-refractivity contribution in [2.75, 3.05) is 10.7 Å². The molecule has 0 aliphatic rings. The first kappa shape index (κ1) is 18.2. The highest BCUT2D eigenvalue weighted by molar-refractivity contribution is 6.03. The molecule has 1 aromatic heterocycles. The maximum atomic E-state index is 11.7. The monoisotopic (exact) mass is 343 g/mol. The van der Waals surface area contributed by atoms with Crippen LogP contribution in [-0.2, 0) is 4.79 Å². The van der Waals surface area contributed by atoms with Crippen molar-refractivity contribution in [1.82, 2.24) is 9.97 Å². The van der Waals surface area contributed by atoms with Gasteiger partial charge in [-0.3, -0.25) is 14.6 Å². The minimum Gasteiger partial charge on any atom is -0.507 e. The lowest BCUT2D eigenvalue weighted by molar-refractivity contribution is -0.116. The predicted octanol–water partition coefficient (Wildman–Crippen LogP) is 2.36. The first-order valence-electron chi connectivity index (χ1n) is 7.90. The lowest BCUT2D eigenvalue weighted by Crippen LogP contribution is -2.12. The third-order valence-corrected chi connectivity index (χ3v) is 3.35. The van der Waals surface area contributed by atoms with Crippen LogP contribution in [0.2, 0.25) is 0 Å². The SMILES string of the molecule is CCCC(=O)Nc1ccc(O)c(/C(C)=N/Nc2nc(C)cc(=O)[nH]2)c1. The molecule has 4 N–H and O–H groups in total. The van der Waals surface area contributed by atoms with Gasteiger partial charge in [0.15, 0.2) is 0 Å². The summed E-state index contributed by atoms with van der Waals surface area (Å²) in [6.45, 7) is 5.31. The van der Waals surface area contributed by atoms with Crippen molar-refractivity contribution in [3.05, 3.63) is 45.9 Å². The molecule has 25 heavy (non-hydrogen) atoms. The molecule has 2 aromatic rings. The van der Waals surface area contributed by atoms with Gasteiger partial charge in [0, 0.05) is 29.4 Å². The summed E-state index contributed by atoms with van der Waals surface area (Å²) in [5.74, 6) is 0.145. The molecular weight excluding hydrogens is 322 g/mol. The van der Waals surface area contributed by atoms with Gasteiger partial charge in [-0.2, -0.15) is 5.10 Å². The second-order valence-electron chi connectivity index (χ2n) is 5.57. The second-order valence-corrected chi connectivity index (χ2v) is 5.57. The number of benzene rings is 1. The third kappa shape index (κ3) is 5.17. The number of nitrogens with one attached hydrogen (secondary N) is 3. The van der Waals surface area contributed by atoms with Crippen molar-refractivity contribution in [2.24, 2.45) is 5.10 Å². The average Bonchev–Trinajstić information content (AvgIpc) is 2.54. The number of aromatic amines is 1. The number of nitrogens with zero attached hydrogens (tertiary/aromatic N) is 2. The van der Waals surface area contributed by atoms with Gasteiger partial charge in [0.25, 0.3) is 5.56 Å². The minimum atomic E-state index is -0.286. The van der Waals surface area contributed by atoms with Crippen LogP contribution in [0.4, 0.5) is 11.6 Å². The van der Waals surface area contributed by atoms with E-state index >= 15 is 0 Å². The van der Waals surface area contributed by atoms with E-state index in [0.29, 0.717) is 29.1 Å². The fourth-order valence-corrected chi connectivity index (χ4v) is 2.18. The van der Waals surface area contributed by atoms with Crippen molar-refractivity contribution < 1.29 is 9.90 Å². The van der Waals surface area contributed by atoms with E-state index in [1.54, 1.807) is 26.0 Å². The summed E-state index contributed by atoms with van der Waals surface area (Å²) in [5.41, 5.74) is 4.42. The maximum absolute atomic E-state index is 11.7. The van der Waals surface area contributed by atoms with Crippen LogP contribution in [0.5, 0.6) is 5.75 Å². The van der Waals surface area contributed by atoms with Crippen molar-refractivity contribution in [3.63, 3.8) is 0 Å². The lowest BCUT2D eigenvalue weighted by atomic mass is 10.1. The van der Waals surface area contributed by atoms with E-state index in [9.17, 15) is 14.7 Å². The Morgan fingerprint density at radius 3 is 2.80 bits per heavy atom. The Morgan fingerprint density at radius 2 is 2.12 bits per heavy atom. The zero-order chi connectivity index (χ0) is 18.4.